The van der Waals surface area contributed by atoms with Gasteiger partial charge in [0.15, 0.2) is 16.3 Å². The molecule has 3 nitrogen and oxygen atoms in total. The van der Waals surface area contributed by atoms with Crippen molar-refractivity contribution in [2.75, 3.05) is 7.11 Å². The van der Waals surface area contributed by atoms with Gasteiger partial charge in [-0.15, -0.1) is 0 Å². The van der Waals surface area contributed by atoms with E-state index in [2.05, 4.69) is 4.98 Å². The number of H-pyrrole nitrogens is 1. The van der Waals surface area contributed by atoms with Crippen molar-refractivity contribution in [1.82, 2.24) is 9.55 Å². The third-order valence-electron chi connectivity index (χ3n) is 3.25. The summed E-state index contributed by atoms with van der Waals surface area (Å²) in [5.74, 6) is -0.209. The molecule has 0 bridgehead atoms. The number of imidazole rings is 1. The molecule has 20 heavy (non-hydrogen) atoms. The van der Waals surface area contributed by atoms with E-state index in [9.17, 15) is 4.39 Å². The first-order valence-electron chi connectivity index (χ1n) is 6.15. The number of rotatable bonds is 2. The van der Waals surface area contributed by atoms with Crippen molar-refractivity contribution in [3.05, 3.63) is 52.5 Å². The number of benzene rings is 2. The molecule has 0 amide bonds. The van der Waals surface area contributed by atoms with Gasteiger partial charge in [-0.1, -0.05) is 17.7 Å². The Morgan fingerprint density at radius 1 is 1.20 bits per heavy atom. The third-order valence-corrected chi connectivity index (χ3v) is 3.53. The largest absolute Gasteiger partial charge is 0.494 e. The molecule has 1 heterocycles. The van der Waals surface area contributed by atoms with Crippen molar-refractivity contribution < 1.29 is 9.13 Å². The van der Waals surface area contributed by atoms with E-state index in [1.165, 1.54) is 18.7 Å². The van der Waals surface area contributed by atoms with Crippen molar-refractivity contribution >= 4 is 23.3 Å². The van der Waals surface area contributed by atoms with Gasteiger partial charge in [0.05, 0.1) is 18.1 Å². The molecular formula is C15H13FN2OS. The van der Waals surface area contributed by atoms with Crippen LogP contribution in [0.1, 0.15) is 5.56 Å². The zero-order valence-corrected chi connectivity index (χ0v) is 11.9. The number of hydrogen-bond acceptors (Lipinski definition) is 2. The Balaban J connectivity index is 2.32. The number of halogens is 1. The molecule has 0 saturated heterocycles. The van der Waals surface area contributed by atoms with E-state index in [0.29, 0.717) is 10.3 Å². The van der Waals surface area contributed by atoms with Crippen LogP contribution in [0.25, 0.3) is 16.7 Å². The average molecular weight is 288 g/mol. The zero-order valence-electron chi connectivity index (χ0n) is 11.1. The normalized spacial score (nSPS) is 10.9. The minimum atomic E-state index is -0.410. The van der Waals surface area contributed by atoms with Gasteiger partial charge in [-0.25, -0.2) is 4.39 Å². The van der Waals surface area contributed by atoms with Gasteiger partial charge in [0.25, 0.3) is 0 Å². The van der Waals surface area contributed by atoms with Gasteiger partial charge >= 0.3 is 0 Å². The maximum atomic E-state index is 13.7. The van der Waals surface area contributed by atoms with Gasteiger partial charge in [0, 0.05) is 17.8 Å². The molecule has 0 aliphatic carbocycles. The smallest absolute Gasteiger partial charge is 0.182 e. The number of aromatic nitrogens is 2. The highest BCUT2D eigenvalue weighted by molar-refractivity contribution is 7.71. The Hall–Kier alpha value is -2.14. The van der Waals surface area contributed by atoms with Crippen LogP contribution < -0.4 is 4.74 Å². The van der Waals surface area contributed by atoms with Crippen molar-refractivity contribution in [3.8, 4) is 11.4 Å². The minimum Gasteiger partial charge on any atom is -0.494 e. The molecule has 0 aliphatic rings. The molecule has 1 aromatic heterocycles. The summed E-state index contributed by atoms with van der Waals surface area (Å²) in [4.78, 5) is 3.01. The van der Waals surface area contributed by atoms with Crippen LogP contribution in [0.5, 0.6) is 5.75 Å². The van der Waals surface area contributed by atoms with E-state index in [1.54, 1.807) is 6.07 Å². The molecule has 2 aromatic carbocycles. The first-order valence-corrected chi connectivity index (χ1v) is 6.56. The molecule has 3 aromatic rings. The molecule has 0 unspecified atom stereocenters. The van der Waals surface area contributed by atoms with E-state index >= 15 is 0 Å². The van der Waals surface area contributed by atoms with Crippen molar-refractivity contribution in [2.24, 2.45) is 0 Å². The minimum absolute atomic E-state index is 0.201. The number of hydrogen-bond donors (Lipinski definition) is 1. The number of aromatic amines is 1. The van der Waals surface area contributed by atoms with Crippen LogP contribution in [0.4, 0.5) is 4.39 Å². The number of methoxy groups -OCH3 is 1. The van der Waals surface area contributed by atoms with E-state index in [0.717, 1.165) is 11.2 Å². The maximum absolute atomic E-state index is 13.7. The number of ether oxygens (including phenoxy) is 1. The summed E-state index contributed by atoms with van der Waals surface area (Å²) >= 11 is 5.33. The van der Waals surface area contributed by atoms with Crippen LogP contribution in [-0.2, 0) is 0 Å². The Morgan fingerprint density at radius 2 is 1.90 bits per heavy atom. The van der Waals surface area contributed by atoms with Gasteiger partial charge in [-0.05, 0) is 31.3 Å². The summed E-state index contributed by atoms with van der Waals surface area (Å²) in [6, 6.07) is 11.0. The van der Waals surface area contributed by atoms with E-state index < -0.39 is 5.82 Å². The van der Waals surface area contributed by atoms with Gasteiger partial charge < -0.3 is 9.72 Å². The molecule has 0 saturated carbocycles. The molecule has 5 heteroatoms. The number of fused-ring (bicyclic) bond motifs is 1. The maximum Gasteiger partial charge on any atom is 0.182 e. The Labute approximate surface area is 120 Å². The van der Waals surface area contributed by atoms with Gasteiger partial charge in [-0.3, -0.25) is 4.57 Å². The number of nitrogens with zero attached hydrogens (tertiary/aromatic N) is 1. The Bertz CT molecular complexity index is 833. The highest BCUT2D eigenvalue weighted by Gasteiger charge is 2.11. The monoisotopic (exact) mass is 288 g/mol. The molecule has 0 atom stereocenters. The fourth-order valence-corrected chi connectivity index (χ4v) is 2.53. The first-order chi connectivity index (χ1) is 9.60. The molecule has 0 aliphatic heterocycles. The lowest BCUT2D eigenvalue weighted by molar-refractivity contribution is 0.387. The standard InChI is InChI=1S/C15H13FN2OS/c1-9-3-5-10(6-4-9)18-13-8-14(19-2)11(16)7-12(13)17-15(18)20/h3-8H,1-2H3,(H,17,20). The SMILES string of the molecule is COc1cc2c(cc1F)[nH]c(=S)n2-c1ccc(C)cc1. The predicted octanol–water partition coefficient (Wildman–Crippen LogP) is 4.14. The lowest BCUT2D eigenvalue weighted by Crippen LogP contribution is -1.95. The van der Waals surface area contributed by atoms with Crippen molar-refractivity contribution in [1.29, 1.82) is 0 Å². The van der Waals surface area contributed by atoms with Crippen LogP contribution in [0, 0.1) is 17.5 Å². The molecule has 0 radical (unpaired) electrons. The summed E-state index contributed by atoms with van der Waals surface area (Å²) in [5.41, 5.74) is 3.54. The summed E-state index contributed by atoms with van der Waals surface area (Å²) < 4.78 is 21.2. The number of nitrogens with one attached hydrogen (secondary N) is 1. The van der Waals surface area contributed by atoms with Crippen LogP contribution in [0.2, 0.25) is 0 Å². The van der Waals surface area contributed by atoms with E-state index in [-0.39, 0.29) is 5.75 Å². The molecule has 1 N–H and O–H groups in total. The summed E-state index contributed by atoms with van der Waals surface area (Å²) in [5, 5.41) is 0. The summed E-state index contributed by atoms with van der Waals surface area (Å²) in [6.07, 6.45) is 0. The second-order valence-corrected chi connectivity index (χ2v) is 4.99. The Morgan fingerprint density at radius 3 is 2.55 bits per heavy atom. The molecular weight excluding hydrogens is 275 g/mol. The fourth-order valence-electron chi connectivity index (χ4n) is 2.21. The van der Waals surface area contributed by atoms with Gasteiger partial charge in [0.2, 0.25) is 0 Å². The van der Waals surface area contributed by atoms with Crippen LogP contribution in [0.15, 0.2) is 36.4 Å². The quantitative estimate of drug-likeness (QED) is 0.718. The molecule has 3 rings (SSSR count). The summed E-state index contributed by atoms with van der Waals surface area (Å²) in [6.45, 7) is 2.02. The second kappa shape index (κ2) is 4.76. The van der Waals surface area contributed by atoms with Gasteiger partial charge in [0.1, 0.15) is 0 Å². The highest BCUT2D eigenvalue weighted by Crippen LogP contribution is 2.26. The van der Waals surface area contributed by atoms with Crippen LogP contribution in [0.3, 0.4) is 0 Å². The topological polar surface area (TPSA) is 29.9 Å². The predicted molar refractivity (Wildman–Crippen MR) is 79.7 cm³/mol. The third kappa shape index (κ3) is 2.00. The van der Waals surface area contributed by atoms with E-state index in [1.807, 2.05) is 35.8 Å². The van der Waals surface area contributed by atoms with E-state index in [4.69, 9.17) is 17.0 Å². The molecule has 0 spiro atoms. The highest BCUT2D eigenvalue weighted by atomic mass is 32.1. The summed E-state index contributed by atoms with van der Waals surface area (Å²) in [7, 11) is 1.45. The van der Waals surface area contributed by atoms with Gasteiger partial charge in [-0.2, -0.15) is 0 Å². The van der Waals surface area contributed by atoms with Crippen LogP contribution in [-0.4, -0.2) is 16.7 Å². The first kappa shape index (κ1) is 12.9. The van der Waals surface area contributed by atoms with Crippen molar-refractivity contribution in [3.63, 3.8) is 0 Å². The molecule has 0 fully saturated rings. The zero-order chi connectivity index (χ0) is 14.3. The second-order valence-electron chi connectivity index (χ2n) is 4.61. The fraction of sp³-hybridized carbons (Fsp3) is 0.133. The van der Waals surface area contributed by atoms with Crippen molar-refractivity contribution in [2.45, 2.75) is 6.92 Å². The lowest BCUT2D eigenvalue weighted by atomic mass is 10.2. The van der Waals surface area contributed by atoms with Crippen LogP contribution >= 0.6 is 12.2 Å². The number of aryl methyl sites for hydroxylation is 1. The average Bonchev–Trinajstić information content (AvgIpc) is 2.74. The lowest BCUT2D eigenvalue weighted by Gasteiger charge is -2.07. The Kier molecular flexibility index (Phi) is 3.06. The molecule has 102 valence electrons.